The highest BCUT2D eigenvalue weighted by Crippen LogP contribution is 2.56. The van der Waals surface area contributed by atoms with Crippen molar-refractivity contribution in [3.05, 3.63) is 54.2 Å². The van der Waals surface area contributed by atoms with E-state index in [2.05, 4.69) is 25.2 Å². The zero-order valence-electron chi connectivity index (χ0n) is 16.5. The molecule has 156 valence electrons. The summed E-state index contributed by atoms with van der Waals surface area (Å²) in [5.74, 6) is 0.483. The van der Waals surface area contributed by atoms with Gasteiger partial charge in [0.05, 0.1) is 11.5 Å². The van der Waals surface area contributed by atoms with E-state index in [1.165, 1.54) is 24.3 Å². The number of aliphatic hydroxyl groups is 1. The number of nitrogens with one attached hydrogen (secondary N) is 2. The first kappa shape index (κ1) is 19.0. The monoisotopic (exact) mass is 409 g/mol. The van der Waals surface area contributed by atoms with Gasteiger partial charge in [0.2, 0.25) is 5.91 Å². The van der Waals surface area contributed by atoms with Crippen molar-refractivity contribution < 1.29 is 14.3 Å². The third-order valence-electron chi connectivity index (χ3n) is 6.50. The van der Waals surface area contributed by atoms with Gasteiger partial charge >= 0.3 is 0 Å². The molecule has 2 aliphatic rings. The maximum absolute atomic E-state index is 13.1. The van der Waals surface area contributed by atoms with Gasteiger partial charge in [-0.25, -0.2) is 14.4 Å². The van der Waals surface area contributed by atoms with Gasteiger partial charge in [-0.2, -0.15) is 0 Å². The topological polar surface area (TPSA) is 94.1 Å². The van der Waals surface area contributed by atoms with Gasteiger partial charge in [-0.1, -0.05) is 12.1 Å². The normalized spacial score (nSPS) is 21.0. The van der Waals surface area contributed by atoms with Crippen LogP contribution in [0.15, 0.2) is 42.9 Å². The number of aliphatic hydroxyl groups excluding tert-OH is 1. The van der Waals surface area contributed by atoms with Gasteiger partial charge in [-0.05, 0) is 48.4 Å². The summed E-state index contributed by atoms with van der Waals surface area (Å²) in [4.78, 5) is 27.1. The summed E-state index contributed by atoms with van der Waals surface area (Å²) in [6, 6.07) is 7.68. The lowest BCUT2D eigenvalue weighted by Gasteiger charge is -2.39. The molecule has 5 rings (SSSR count). The summed E-state index contributed by atoms with van der Waals surface area (Å²) >= 11 is 0. The summed E-state index contributed by atoms with van der Waals surface area (Å²) in [5.41, 5.74) is 1.38. The number of fused-ring (bicyclic) bond motifs is 1. The lowest BCUT2D eigenvalue weighted by Crippen LogP contribution is -2.48. The molecule has 30 heavy (non-hydrogen) atoms. The van der Waals surface area contributed by atoms with Gasteiger partial charge < -0.3 is 20.3 Å². The van der Waals surface area contributed by atoms with Crippen LogP contribution < -0.4 is 10.2 Å². The van der Waals surface area contributed by atoms with E-state index in [1.54, 1.807) is 6.33 Å². The van der Waals surface area contributed by atoms with Crippen LogP contribution in [-0.4, -0.2) is 45.6 Å². The second-order valence-corrected chi connectivity index (χ2v) is 8.37. The van der Waals surface area contributed by atoms with Crippen molar-refractivity contribution in [3.8, 4) is 0 Å². The molecule has 1 saturated carbocycles. The molecule has 2 aromatic heterocycles. The molecule has 1 aromatic carbocycles. The lowest BCUT2D eigenvalue weighted by atomic mass is 9.81. The average molecular weight is 409 g/mol. The lowest BCUT2D eigenvalue weighted by molar-refractivity contribution is -0.128. The largest absolute Gasteiger partial charge is 0.387 e. The number of carbonyl (C=O) groups excluding carboxylic acids is 1. The summed E-state index contributed by atoms with van der Waals surface area (Å²) in [6.07, 6.45) is 5.36. The molecule has 1 unspecified atom stereocenters. The van der Waals surface area contributed by atoms with E-state index in [1.807, 2.05) is 12.3 Å². The van der Waals surface area contributed by atoms with Gasteiger partial charge in [0, 0.05) is 31.7 Å². The SMILES string of the molecule is O=C(NCC(O)c1ccc(F)cc1)[C@H]1CCN(c2ncnc3[nH]ccc23)CC12CC2. The first-order chi connectivity index (χ1) is 14.6. The van der Waals surface area contributed by atoms with Gasteiger partial charge in [-0.15, -0.1) is 0 Å². The number of hydrogen-bond donors (Lipinski definition) is 3. The van der Waals surface area contributed by atoms with Crippen molar-refractivity contribution in [1.82, 2.24) is 20.3 Å². The third kappa shape index (κ3) is 3.41. The molecule has 1 aliphatic carbocycles. The predicted octanol–water partition coefficient (Wildman–Crippen LogP) is 2.55. The smallest absolute Gasteiger partial charge is 0.223 e. The van der Waals surface area contributed by atoms with Crippen LogP contribution in [0.25, 0.3) is 11.0 Å². The molecular formula is C22H24FN5O2. The van der Waals surface area contributed by atoms with E-state index in [0.29, 0.717) is 5.56 Å². The fourth-order valence-corrected chi connectivity index (χ4v) is 4.65. The van der Waals surface area contributed by atoms with Crippen LogP contribution in [0, 0.1) is 17.2 Å². The van der Waals surface area contributed by atoms with E-state index < -0.39 is 6.10 Å². The molecule has 1 spiro atoms. The summed E-state index contributed by atoms with van der Waals surface area (Å²) in [7, 11) is 0. The number of aromatic nitrogens is 3. The van der Waals surface area contributed by atoms with E-state index in [4.69, 9.17) is 0 Å². The standard InChI is InChI=1S/C22H24FN5O2/c23-15-3-1-14(2-4-15)18(29)11-25-21(30)17-6-10-28(12-22(17)7-8-22)20-16-5-9-24-19(16)26-13-27-20/h1-5,9,13,17-18,29H,6-8,10-12H2,(H,25,30)(H,24,26,27)/t17-,18?/m1/s1. The quantitative estimate of drug-likeness (QED) is 0.602. The zero-order chi connectivity index (χ0) is 20.7. The van der Waals surface area contributed by atoms with Crippen molar-refractivity contribution in [2.75, 3.05) is 24.5 Å². The Morgan fingerprint density at radius 2 is 2.10 bits per heavy atom. The number of benzene rings is 1. The van der Waals surface area contributed by atoms with Gasteiger partial charge in [0.25, 0.3) is 0 Å². The van der Waals surface area contributed by atoms with Crippen molar-refractivity contribution >= 4 is 22.8 Å². The van der Waals surface area contributed by atoms with Crippen molar-refractivity contribution in [2.24, 2.45) is 11.3 Å². The summed E-state index contributed by atoms with van der Waals surface area (Å²) in [6.45, 7) is 1.66. The first-order valence-corrected chi connectivity index (χ1v) is 10.3. The predicted molar refractivity (Wildman–Crippen MR) is 110 cm³/mol. The average Bonchev–Trinajstić information content (AvgIpc) is 3.33. The number of nitrogens with zero attached hydrogens (tertiary/aromatic N) is 3. The Hall–Kier alpha value is -3.00. The fraction of sp³-hybridized carbons (Fsp3) is 0.409. The van der Waals surface area contributed by atoms with Crippen LogP contribution in [0.4, 0.5) is 10.2 Å². The second kappa shape index (κ2) is 7.36. The molecule has 0 bridgehead atoms. The van der Waals surface area contributed by atoms with Crippen molar-refractivity contribution in [3.63, 3.8) is 0 Å². The minimum Gasteiger partial charge on any atom is -0.387 e. The molecule has 2 atom stereocenters. The van der Waals surface area contributed by atoms with E-state index in [9.17, 15) is 14.3 Å². The van der Waals surface area contributed by atoms with Crippen LogP contribution >= 0.6 is 0 Å². The maximum atomic E-state index is 13.1. The number of rotatable bonds is 5. The number of halogens is 1. The van der Waals surface area contributed by atoms with E-state index in [0.717, 1.165) is 49.2 Å². The van der Waals surface area contributed by atoms with Crippen LogP contribution in [0.2, 0.25) is 0 Å². The molecule has 2 fully saturated rings. The number of piperidine rings is 1. The molecule has 0 radical (unpaired) electrons. The highest BCUT2D eigenvalue weighted by atomic mass is 19.1. The highest BCUT2D eigenvalue weighted by molar-refractivity contribution is 5.87. The Morgan fingerprint density at radius 3 is 2.87 bits per heavy atom. The summed E-state index contributed by atoms with van der Waals surface area (Å²) in [5, 5.41) is 14.2. The molecule has 7 nitrogen and oxygen atoms in total. The van der Waals surface area contributed by atoms with Gasteiger partial charge in [0.15, 0.2) is 0 Å². The molecule has 1 aliphatic heterocycles. The molecule has 3 N–H and O–H groups in total. The third-order valence-corrected chi connectivity index (χ3v) is 6.50. The van der Waals surface area contributed by atoms with Crippen LogP contribution in [0.1, 0.15) is 30.9 Å². The van der Waals surface area contributed by atoms with Crippen molar-refractivity contribution in [2.45, 2.75) is 25.4 Å². The Balaban J connectivity index is 1.24. The number of H-pyrrole nitrogens is 1. The summed E-state index contributed by atoms with van der Waals surface area (Å²) < 4.78 is 13.1. The fourth-order valence-electron chi connectivity index (χ4n) is 4.65. The molecule has 3 heterocycles. The van der Waals surface area contributed by atoms with Crippen molar-refractivity contribution in [1.29, 1.82) is 0 Å². The highest BCUT2D eigenvalue weighted by Gasteiger charge is 2.55. The van der Waals surface area contributed by atoms with E-state index >= 15 is 0 Å². The molecule has 1 saturated heterocycles. The van der Waals surface area contributed by atoms with Gasteiger partial charge in [0.1, 0.15) is 23.6 Å². The maximum Gasteiger partial charge on any atom is 0.223 e. The number of hydrogen-bond acceptors (Lipinski definition) is 5. The van der Waals surface area contributed by atoms with Crippen LogP contribution in [0.5, 0.6) is 0 Å². The molecule has 1 amide bonds. The van der Waals surface area contributed by atoms with Crippen LogP contribution in [0.3, 0.4) is 0 Å². The minimum atomic E-state index is -0.854. The number of anilines is 1. The molecule has 3 aromatic rings. The second-order valence-electron chi connectivity index (χ2n) is 8.37. The molecular weight excluding hydrogens is 385 g/mol. The zero-order valence-corrected chi connectivity index (χ0v) is 16.5. The Kier molecular flexibility index (Phi) is 4.66. The van der Waals surface area contributed by atoms with Gasteiger partial charge in [-0.3, -0.25) is 4.79 Å². The first-order valence-electron chi connectivity index (χ1n) is 10.3. The Labute approximate surface area is 173 Å². The number of carbonyl (C=O) groups is 1. The van der Waals surface area contributed by atoms with Crippen LogP contribution in [-0.2, 0) is 4.79 Å². The van der Waals surface area contributed by atoms with E-state index in [-0.39, 0.29) is 29.6 Å². The minimum absolute atomic E-state index is 0.0113. The molecule has 8 heteroatoms. The number of amides is 1. The Morgan fingerprint density at radius 1 is 1.30 bits per heavy atom. The Bertz CT molecular complexity index is 1060. The number of aromatic amines is 1.